The minimum absolute atomic E-state index is 0.0768. The van der Waals surface area contributed by atoms with Crippen molar-refractivity contribution in [3.63, 3.8) is 0 Å². The van der Waals surface area contributed by atoms with E-state index in [-0.39, 0.29) is 24.1 Å². The summed E-state index contributed by atoms with van der Waals surface area (Å²) >= 11 is 0. The molecule has 5 heteroatoms. The number of hydrogen-bond acceptors (Lipinski definition) is 3. The summed E-state index contributed by atoms with van der Waals surface area (Å²) in [6.45, 7) is 1.77. The molecule has 1 aromatic heterocycles. The van der Waals surface area contributed by atoms with E-state index in [0.717, 1.165) is 21.7 Å². The summed E-state index contributed by atoms with van der Waals surface area (Å²) in [7, 11) is 1.52. The molecule has 112 valence electrons. The first kappa shape index (κ1) is 14.1. The second-order valence-electron chi connectivity index (χ2n) is 5.08. The second kappa shape index (κ2) is 5.52. The van der Waals surface area contributed by atoms with Crippen molar-refractivity contribution in [1.29, 1.82) is 0 Å². The number of carbonyl (C=O) groups excluding carboxylic acids is 2. The first-order valence-electron chi connectivity index (χ1n) is 7.01. The van der Waals surface area contributed by atoms with Gasteiger partial charge in [-0.1, -0.05) is 36.4 Å². The molecule has 0 radical (unpaired) electrons. The SMILES string of the molecule is CNC(=O)CNC(=O)c1oc2c(ccc3ccccc32)c1C. The number of fused-ring (bicyclic) bond motifs is 3. The van der Waals surface area contributed by atoms with E-state index in [9.17, 15) is 9.59 Å². The Morgan fingerprint density at radius 1 is 1.09 bits per heavy atom. The van der Waals surface area contributed by atoms with E-state index in [2.05, 4.69) is 10.6 Å². The Morgan fingerprint density at radius 3 is 2.64 bits per heavy atom. The molecule has 3 aromatic rings. The maximum absolute atomic E-state index is 12.2. The fourth-order valence-corrected chi connectivity index (χ4v) is 2.50. The summed E-state index contributed by atoms with van der Waals surface area (Å²) in [5.74, 6) is -0.399. The van der Waals surface area contributed by atoms with Crippen molar-refractivity contribution >= 4 is 33.6 Å². The highest BCUT2D eigenvalue weighted by Crippen LogP contribution is 2.31. The van der Waals surface area contributed by atoms with Gasteiger partial charge in [0.1, 0.15) is 5.58 Å². The van der Waals surface area contributed by atoms with Crippen LogP contribution in [0.25, 0.3) is 21.7 Å². The molecule has 0 spiro atoms. The normalized spacial score (nSPS) is 10.8. The van der Waals surface area contributed by atoms with E-state index in [0.29, 0.717) is 5.58 Å². The molecule has 0 fully saturated rings. The smallest absolute Gasteiger partial charge is 0.287 e. The van der Waals surface area contributed by atoms with Gasteiger partial charge in [0.2, 0.25) is 5.91 Å². The van der Waals surface area contributed by atoms with Gasteiger partial charge in [0.15, 0.2) is 5.76 Å². The van der Waals surface area contributed by atoms with Crippen molar-refractivity contribution in [2.45, 2.75) is 6.92 Å². The van der Waals surface area contributed by atoms with Crippen LogP contribution in [0.15, 0.2) is 40.8 Å². The van der Waals surface area contributed by atoms with Gasteiger partial charge in [-0.25, -0.2) is 0 Å². The van der Waals surface area contributed by atoms with Crippen molar-refractivity contribution in [3.05, 3.63) is 47.7 Å². The first-order chi connectivity index (χ1) is 10.6. The molecular formula is C17H16N2O3. The zero-order valence-electron chi connectivity index (χ0n) is 12.4. The quantitative estimate of drug-likeness (QED) is 0.779. The number of likely N-dealkylation sites (N-methyl/N-ethyl adjacent to an activating group) is 1. The maximum Gasteiger partial charge on any atom is 0.287 e. The lowest BCUT2D eigenvalue weighted by atomic mass is 10.1. The lowest BCUT2D eigenvalue weighted by Gasteiger charge is -2.02. The number of benzene rings is 2. The second-order valence-corrected chi connectivity index (χ2v) is 5.08. The molecule has 0 bridgehead atoms. The topological polar surface area (TPSA) is 71.3 Å². The van der Waals surface area contributed by atoms with Gasteiger partial charge in [-0.2, -0.15) is 0 Å². The summed E-state index contributed by atoms with van der Waals surface area (Å²) in [5, 5.41) is 7.94. The Bertz CT molecular complexity index is 880. The van der Waals surface area contributed by atoms with Crippen LogP contribution in [-0.2, 0) is 4.79 Å². The van der Waals surface area contributed by atoms with Gasteiger partial charge in [0, 0.05) is 23.4 Å². The van der Waals surface area contributed by atoms with Crippen molar-refractivity contribution < 1.29 is 14.0 Å². The molecule has 2 amide bonds. The number of rotatable bonds is 3. The number of nitrogens with one attached hydrogen (secondary N) is 2. The highest BCUT2D eigenvalue weighted by molar-refractivity contribution is 6.09. The molecule has 0 atom stereocenters. The fraction of sp³-hybridized carbons (Fsp3) is 0.176. The van der Waals surface area contributed by atoms with Gasteiger partial charge in [-0.3, -0.25) is 9.59 Å². The van der Waals surface area contributed by atoms with E-state index in [1.807, 2.05) is 43.3 Å². The van der Waals surface area contributed by atoms with Crippen molar-refractivity contribution in [3.8, 4) is 0 Å². The number of carbonyl (C=O) groups is 2. The van der Waals surface area contributed by atoms with E-state index < -0.39 is 0 Å². The Kier molecular flexibility index (Phi) is 3.55. The van der Waals surface area contributed by atoms with E-state index >= 15 is 0 Å². The van der Waals surface area contributed by atoms with Crippen molar-refractivity contribution in [1.82, 2.24) is 10.6 Å². The monoisotopic (exact) mass is 296 g/mol. The van der Waals surface area contributed by atoms with Crippen LogP contribution < -0.4 is 10.6 Å². The fourth-order valence-electron chi connectivity index (χ4n) is 2.50. The molecule has 0 saturated heterocycles. The summed E-state index contributed by atoms with van der Waals surface area (Å²) in [5.41, 5.74) is 1.47. The van der Waals surface area contributed by atoms with Crippen LogP contribution in [0.3, 0.4) is 0 Å². The van der Waals surface area contributed by atoms with Gasteiger partial charge < -0.3 is 15.1 Å². The summed E-state index contributed by atoms with van der Waals surface area (Å²) in [6.07, 6.45) is 0. The van der Waals surface area contributed by atoms with E-state index in [1.165, 1.54) is 7.05 Å². The van der Waals surface area contributed by atoms with Crippen LogP contribution in [0.4, 0.5) is 0 Å². The predicted octanol–water partition coefficient (Wildman–Crippen LogP) is 2.37. The van der Waals surface area contributed by atoms with Gasteiger partial charge >= 0.3 is 0 Å². The largest absolute Gasteiger partial charge is 0.450 e. The molecule has 0 aliphatic heterocycles. The molecular weight excluding hydrogens is 280 g/mol. The van der Waals surface area contributed by atoms with Gasteiger partial charge in [0.25, 0.3) is 5.91 Å². The average Bonchev–Trinajstić information content (AvgIpc) is 2.89. The van der Waals surface area contributed by atoms with Gasteiger partial charge in [0.05, 0.1) is 6.54 Å². The van der Waals surface area contributed by atoms with Crippen LogP contribution in [0.5, 0.6) is 0 Å². The molecule has 1 heterocycles. The number of hydrogen-bond donors (Lipinski definition) is 2. The molecule has 0 unspecified atom stereocenters. The zero-order valence-corrected chi connectivity index (χ0v) is 12.4. The third-order valence-electron chi connectivity index (χ3n) is 3.72. The molecule has 0 saturated carbocycles. The molecule has 0 aliphatic rings. The number of furan rings is 1. The van der Waals surface area contributed by atoms with Gasteiger partial charge in [-0.05, 0) is 12.3 Å². The third kappa shape index (κ3) is 2.30. The summed E-state index contributed by atoms with van der Waals surface area (Å²) in [4.78, 5) is 23.4. The first-order valence-corrected chi connectivity index (χ1v) is 7.01. The van der Waals surface area contributed by atoms with E-state index in [1.54, 1.807) is 0 Å². The standard InChI is InChI=1S/C17H16N2O3/c1-10-12-8-7-11-5-3-4-6-13(11)16(12)22-15(10)17(21)19-9-14(20)18-2/h3-8H,9H2,1-2H3,(H,18,20)(H,19,21). The molecule has 0 aliphatic carbocycles. The van der Waals surface area contributed by atoms with Crippen molar-refractivity contribution in [2.24, 2.45) is 0 Å². The Labute approximate surface area is 127 Å². The maximum atomic E-state index is 12.2. The van der Waals surface area contributed by atoms with Crippen LogP contribution in [0, 0.1) is 6.92 Å². The minimum Gasteiger partial charge on any atom is -0.450 e. The molecule has 2 aromatic carbocycles. The average molecular weight is 296 g/mol. The Balaban J connectivity index is 2.04. The van der Waals surface area contributed by atoms with Crippen LogP contribution >= 0.6 is 0 Å². The Hall–Kier alpha value is -2.82. The molecule has 22 heavy (non-hydrogen) atoms. The lowest BCUT2D eigenvalue weighted by molar-refractivity contribution is -0.119. The van der Waals surface area contributed by atoms with Gasteiger partial charge in [-0.15, -0.1) is 0 Å². The predicted molar refractivity (Wildman–Crippen MR) is 84.9 cm³/mol. The Morgan fingerprint density at radius 2 is 1.86 bits per heavy atom. The lowest BCUT2D eigenvalue weighted by Crippen LogP contribution is -2.35. The van der Waals surface area contributed by atoms with E-state index in [4.69, 9.17) is 4.42 Å². The summed E-state index contributed by atoms with van der Waals surface area (Å²) < 4.78 is 5.80. The number of amides is 2. The molecule has 5 nitrogen and oxygen atoms in total. The van der Waals surface area contributed by atoms with Crippen LogP contribution in [-0.4, -0.2) is 25.4 Å². The van der Waals surface area contributed by atoms with Crippen molar-refractivity contribution in [2.75, 3.05) is 13.6 Å². The number of aryl methyl sites for hydroxylation is 1. The zero-order chi connectivity index (χ0) is 15.7. The highest BCUT2D eigenvalue weighted by atomic mass is 16.3. The molecule has 3 rings (SSSR count). The molecule has 2 N–H and O–H groups in total. The third-order valence-corrected chi connectivity index (χ3v) is 3.72. The van der Waals surface area contributed by atoms with Crippen LogP contribution in [0.1, 0.15) is 16.1 Å². The van der Waals surface area contributed by atoms with Crippen LogP contribution in [0.2, 0.25) is 0 Å². The highest BCUT2D eigenvalue weighted by Gasteiger charge is 2.19. The summed E-state index contributed by atoms with van der Waals surface area (Å²) in [6, 6.07) is 11.8. The minimum atomic E-state index is -0.388.